The van der Waals surface area contributed by atoms with E-state index in [0.29, 0.717) is 18.4 Å². The van der Waals surface area contributed by atoms with E-state index in [1.165, 1.54) is 12.1 Å². The molecule has 16 heavy (non-hydrogen) atoms. The van der Waals surface area contributed by atoms with Crippen molar-refractivity contribution in [2.24, 2.45) is 0 Å². The molecule has 1 aromatic carbocycles. The quantitative estimate of drug-likeness (QED) is 0.845. The Morgan fingerprint density at radius 3 is 3.06 bits per heavy atom. The number of hydrogen-bond donors (Lipinski definition) is 1. The van der Waals surface area contributed by atoms with E-state index < -0.39 is 5.82 Å². The lowest BCUT2D eigenvalue weighted by atomic mass is 10.2. The van der Waals surface area contributed by atoms with Crippen LogP contribution in [0, 0.1) is 17.1 Å². The van der Waals surface area contributed by atoms with Gasteiger partial charge in [-0.15, -0.1) is 0 Å². The molecular formula is C12H13FN2O. The number of benzene rings is 1. The highest BCUT2D eigenvalue weighted by Crippen LogP contribution is 2.17. The van der Waals surface area contributed by atoms with E-state index in [2.05, 4.69) is 5.32 Å². The second-order valence-corrected chi connectivity index (χ2v) is 3.86. The number of halogens is 1. The molecule has 1 atom stereocenters. The Bertz CT molecular complexity index is 408. The van der Waals surface area contributed by atoms with Gasteiger partial charge in [-0.1, -0.05) is 0 Å². The molecule has 4 heteroatoms. The molecule has 84 valence electrons. The van der Waals surface area contributed by atoms with Crippen molar-refractivity contribution in [3.8, 4) is 11.8 Å². The van der Waals surface area contributed by atoms with Gasteiger partial charge in [-0.25, -0.2) is 4.39 Å². The molecule has 0 spiro atoms. The van der Waals surface area contributed by atoms with E-state index in [9.17, 15) is 4.39 Å². The SMILES string of the molecule is N#Cc1ccc(OCC2CCCN2)cc1F. The largest absolute Gasteiger partial charge is 0.492 e. The van der Waals surface area contributed by atoms with Crippen molar-refractivity contribution in [2.45, 2.75) is 18.9 Å². The molecule has 1 heterocycles. The highest BCUT2D eigenvalue weighted by Gasteiger charge is 2.14. The molecule has 1 aliphatic rings. The third-order valence-electron chi connectivity index (χ3n) is 2.67. The molecule has 0 aliphatic carbocycles. The molecule has 1 unspecified atom stereocenters. The van der Waals surface area contributed by atoms with Gasteiger partial charge >= 0.3 is 0 Å². The van der Waals surface area contributed by atoms with Gasteiger partial charge in [-0.05, 0) is 31.5 Å². The predicted molar refractivity (Wildman–Crippen MR) is 57.6 cm³/mol. The third kappa shape index (κ3) is 2.50. The van der Waals surface area contributed by atoms with Crippen molar-refractivity contribution < 1.29 is 9.13 Å². The summed E-state index contributed by atoms with van der Waals surface area (Å²) in [5.41, 5.74) is 0.0475. The van der Waals surface area contributed by atoms with Crippen LogP contribution >= 0.6 is 0 Å². The van der Waals surface area contributed by atoms with Crippen LogP contribution in [0.15, 0.2) is 18.2 Å². The van der Waals surface area contributed by atoms with E-state index in [1.54, 1.807) is 12.1 Å². The van der Waals surface area contributed by atoms with Gasteiger partial charge in [-0.3, -0.25) is 0 Å². The van der Waals surface area contributed by atoms with Crippen LogP contribution in [-0.4, -0.2) is 19.2 Å². The van der Waals surface area contributed by atoms with Crippen LogP contribution < -0.4 is 10.1 Å². The lowest BCUT2D eigenvalue weighted by molar-refractivity contribution is 0.276. The van der Waals surface area contributed by atoms with Crippen molar-refractivity contribution in [2.75, 3.05) is 13.2 Å². The van der Waals surface area contributed by atoms with Crippen molar-refractivity contribution in [1.82, 2.24) is 5.32 Å². The van der Waals surface area contributed by atoms with Gasteiger partial charge in [0, 0.05) is 12.1 Å². The summed E-state index contributed by atoms with van der Waals surface area (Å²) in [6.07, 6.45) is 2.26. The topological polar surface area (TPSA) is 45.0 Å². The molecule has 0 bridgehead atoms. The Hall–Kier alpha value is -1.60. The van der Waals surface area contributed by atoms with E-state index >= 15 is 0 Å². The Labute approximate surface area is 93.8 Å². The second-order valence-electron chi connectivity index (χ2n) is 3.86. The number of rotatable bonds is 3. The zero-order valence-electron chi connectivity index (χ0n) is 8.87. The van der Waals surface area contributed by atoms with Crippen molar-refractivity contribution >= 4 is 0 Å². The van der Waals surface area contributed by atoms with Gasteiger partial charge in [-0.2, -0.15) is 5.26 Å². The van der Waals surface area contributed by atoms with Gasteiger partial charge in [0.15, 0.2) is 0 Å². The summed E-state index contributed by atoms with van der Waals surface area (Å²) >= 11 is 0. The lowest BCUT2D eigenvalue weighted by Crippen LogP contribution is -2.28. The zero-order chi connectivity index (χ0) is 11.4. The summed E-state index contributed by atoms with van der Waals surface area (Å²) in [5, 5.41) is 11.9. The summed E-state index contributed by atoms with van der Waals surface area (Å²) in [4.78, 5) is 0. The van der Waals surface area contributed by atoms with E-state index in [1.807, 2.05) is 0 Å². The average Bonchev–Trinajstić information content (AvgIpc) is 2.79. The summed E-state index contributed by atoms with van der Waals surface area (Å²) < 4.78 is 18.7. The van der Waals surface area contributed by atoms with Crippen molar-refractivity contribution in [3.05, 3.63) is 29.6 Å². The average molecular weight is 220 g/mol. The molecule has 2 rings (SSSR count). The molecule has 0 aromatic heterocycles. The molecule has 1 fully saturated rings. The van der Waals surface area contributed by atoms with Crippen LogP contribution in [-0.2, 0) is 0 Å². The first-order valence-electron chi connectivity index (χ1n) is 5.35. The molecule has 1 aliphatic heterocycles. The summed E-state index contributed by atoms with van der Waals surface area (Å²) in [7, 11) is 0. The van der Waals surface area contributed by atoms with Crippen LogP contribution in [0.3, 0.4) is 0 Å². The third-order valence-corrected chi connectivity index (χ3v) is 2.67. The predicted octanol–water partition coefficient (Wildman–Crippen LogP) is 1.83. The zero-order valence-corrected chi connectivity index (χ0v) is 8.87. The number of hydrogen-bond acceptors (Lipinski definition) is 3. The first kappa shape index (κ1) is 10.9. The number of nitriles is 1. The van der Waals surface area contributed by atoms with Gasteiger partial charge < -0.3 is 10.1 Å². The Morgan fingerprint density at radius 1 is 1.56 bits per heavy atom. The van der Waals surface area contributed by atoms with Gasteiger partial charge in [0.1, 0.15) is 24.2 Å². The van der Waals surface area contributed by atoms with E-state index in [-0.39, 0.29) is 5.56 Å². The lowest BCUT2D eigenvalue weighted by Gasteiger charge is -2.12. The van der Waals surface area contributed by atoms with Gasteiger partial charge in [0.25, 0.3) is 0 Å². The Kier molecular flexibility index (Phi) is 3.37. The molecule has 1 aromatic rings. The molecule has 0 amide bonds. The first-order chi connectivity index (χ1) is 7.79. The summed E-state index contributed by atoms with van der Waals surface area (Å²) in [6, 6.07) is 6.45. The molecule has 0 radical (unpaired) electrons. The van der Waals surface area contributed by atoms with Crippen LogP contribution in [0.1, 0.15) is 18.4 Å². The number of nitrogens with one attached hydrogen (secondary N) is 1. The highest BCUT2D eigenvalue weighted by molar-refractivity contribution is 5.36. The fourth-order valence-electron chi connectivity index (χ4n) is 1.77. The minimum absolute atomic E-state index is 0.0475. The molecule has 3 nitrogen and oxygen atoms in total. The minimum Gasteiger partial charge on any atom is -0.492 e. The van der Waals surface area contributed by atoms with Crippen LogP contribution in [0.2, 0.25) is 0 Å². The maximum Gasteiger partial charge on any atom is 0.144 e. The minimum atomic E-state index is -0.528. The Balaban J connectivity index is 1.94. The summed E-state index contributed by atoms with van der Waals surface area (Å²) in [5.74, 6) is -0.0513. The Morgan fingerprint density at radius 2 is 2.44 bits per heavy atom. The standard InChI is InChI=1S/C12H13FN2O/c13-12-6-11(4-3-9(12)7-14)16-8-10-2-1-5-15-10/h3-4,6,10,15H,1-2,5,8H2. The first-order valence-corrected chi connectivity index (χ1v) is 5.35. The maximum absolute atomic E-state index is 13.2. The normalized spacial score (nSPS) is 19.4. The van der Waals surface area contributed by atoms with E-state index in [4.69, 9.17) is 10.00 Å². The van der Waals surface area contributed by atoms with Gasteiger partial charge in [0.05, 0.1) is 5.56 Å². The van der Waals surface area contributed by atoms with Crippen LogP contribution in [0.5, 0.6) is 5.75 Å². The highest BCUT2D eigenvalue weighted by atomic mass is 19.1. The van der Waals surface area contributed by atoms with Crippen molar-refractivity contribution in [3.63, 3.8) is 0 Å². The van der Waals surface area contributed by atoms with Crippen LogP contribution in [0.4, 0.5) is 4.39 Å². The number of nitrogens with zero attached hydrogens (tertiary/aromatic N) is 1. The van der Waals surface area contributed by atoms with Crippen molar-refractivity contribution in [1.29, 1.82) is 5.26 Å². The molecule has 0 saturated carbocycles. The van der Waals surface area contributed by atoms with Crippen LogP contribution in [0.25, 0.3) is 0 Å². The maximum atomic E-state index is 13.2. The molecular weight excluding hydrogens is 207 g/mol. The summed E-state index contributed by atoms with van der Waals surface area (Å²) in [6.45, 7) is 1.57. The monoisotopic (exact) mass is 220 g/mol. The fourth-order valence-corrected chi connectivity index (χ4v) is 1.77. The second kappa shape index (κ2) is 4.95. The molecule has 1 N–H and O–H groups in total. The molecule has 1 saturated heterocycles. The van der Waals surface area contributed by atoms with Gasteiger partial charge in [0.2, 0.25) is 0 Å². The van der Waals surface area contributed by atoms with E-state index in [0.717, 1.165) is 19.4 Å². The smallest absolute Gasteiger partial charge is 0.144 e. The number of ether oxygens (including phenoxy) is 1. The fraction of sp³-hybridized carbons (Fsp3) is 0.417.